The predicted molar refractivity (Wildman–Crippen MR) is 91.3 cm³/mol. The van der Waals surface area contributed by atoms with Crippen LogP contribution in [0.4, 0.5) is 5.69 Å². The lowest BCUT2D eigenvalue weighted by molar-refractivity contribution is -0.122. The van der Waals surface area contributed by atoms with Crippen molar-refractivity contribution in [1.82, 2.24) is 0 Å². The van der Waals surface area contributed by atoms with Crippen molar-refractivity contribution in [2.45, 2.75) is 46.6 Å². The second-order valence-electron chi connectivity index (χ2n) is 6.91. The van der Waals surface area contributed by atoms with Crippen molar-refractivity contribution in [1.29, 1.82) is 0 Å². The zero-order valence-corrected chi connectivity index (χ0v) is 14.0. The molecule has 2 nitrogen and oxygen atoms in total. The summed E-state index contributed by atoms with van der Waals surface area (Å²) < 4.78 is 0. The average Bonchev–Trinajstić information content (AvgIpc) is 2.63. The summed E-state index contributed by atoms with van der Waals surface area (Å²) in [4.78, 5) is 14.8. The van der Waals surface area contributed by atoms with Crippen molar-refractivity contribution in [2.75, 3.05) is 4.90 Å². The molecule has 0 bridgehead atoms. The van der Waals surface area contributed by atoms with Gasteiger partial charge >= 0.3 is 0 Å². The normalized spacial score (nSPS) is 16.0. The first-order chi connectivity index (χ1) is 10.3. The third-order valence-corrected chi connectivity index (χ3v) is 4.80. The summed E-state index contributed by atoms with van der Waals surface area (Å²) in [5.74, 6) is 0.188. The maximum Gasteiger partial charge on any atom is 0.237 e. The van der Waals surface area contributed by atoms with Crippen LogP contribution in [-0.2, 0) is 16.8 Å². The SMILES string of the molecule is Cc1cc(C)c(CN2C(=O)C(C)(C)c3ccccc32)c(C)c1. The van der Waals surface area contributed by atoms with Gasteiger partial charge in [-0.05, 0) is 62.9 Å². The molecule has 0 spiro atoms. The van der Waals surface area contributed by atoms with E-state index < -0.39 is 5.41 Å². The molecule has 1 amide bonds. The van der Waals surface area contributed by atoms with Gasteiger partial charge in [0.25, 0.3) is 0 Å². The molecule has 0 radical (unpaired) electrons. The number of carbonyl (C=O) groups excluding carboxylic acids is 1. The van der Waals surface area contributed by atoms with Crippen molar-refractivity contribution in [3.8, 4) is 0 Å². The quantitative estimate of drug-likeness (QED) is 0.801. The standard InChI is InChI=1S/C20H23NO/c1-13-10-14(2)16(15(3)11-13)12-21-18-9-7-6-8-17(18)20(4,5)19(21)22/h6-11H,12H2,1-5H3. The highest BCUT2D eigenvalue weighted by Crippen LogP contribution is 2.42. The maximum atomic E-state index is 12.9. The number of hydrogen-bond donors (Lipinski definition) is 0. The molecule has 0 aromatic heterocycles. The minimum Gasteiger partial charge on any atom is -0.307 e. The van der Waals surface area contributed by atoms with Gasteiger partial charge in [0.1, 0.15) is 0 Å². The third kappa shape index (κ3) is 2.14. The van der Waals surface area contributed by atoms with E-state index in [0.29, 0.717) is 6.54 Å². The molecule has 0 N–H and O–H groups in total. The van der Waals surface area contributed by atoms with Crippen LogP contribution in [0.2, 0.25) is 0 Å². The minimum absolute atomic E-state index is 0.188. The molecule has 1 aliphatic heterocycles. The van der Waals surface area contributed by atoms with E-state index >= 15 is 0 Å². The number of anilines is 1. The maximum absolute atomic E-state index is 12.9. The largest absolute Gasteiger partial charge is 0.307 e. The predicted octanol–water partition coefficient (Wildman–Crippen LogP) is 4.44. The summed E-state index contributed by atoms with van der Waals surface area (Å²) in [7, 11) is 0. The van der Waals surface area contributed by atoms with Crippen molar-refractivity contribution >= 4 is 11.6 Å². The van der Waals surface area contributed by atoms with Crippen LogP contribution in [0.5, 0.6) is 0 Å². The summed E-state index contributed by atoms with van der Waals surface area (Å²) >= 11 is 0. The molecule has 3 rings (SSSR count). The number of carbonyl (C=O) groups is 1. The monoisotopic (exact) mass is 293 g/mol. The molecule has 0 fully saturated rings. The van der Waals surface area contributed by atoms with E-state index in [1.165, 1.54) is 22.3 Å². The van der Waals surface area contributed by atoms with Gasteiger partial charge in [0.05, 0.1) is 12.0 Å². The Morgan fingerprint density at radius 3 is 2.23 bits per heavy atom. The summed E-state index contributed by atoms with van der Waals surface area (Å²) in [5, 5.41) is 0. The number of benzene rings is 2. The van der Waals surface area contributed by atoms with Crippen molar-refractivity contribution in [2.24, 2.45) is 0 Å². The van der Waals surface area contributed by atoms with Crippen LogP contribution in [0, 0.1) is 20.8 Å². The third-order valence-electron chi connectivity index (χ3n) is 4.80. The smallest absolute Gasteiger partial charge is 0.237 e. The minimum atomic E-state index is -0.441. The molecule has 0 saturated carbocycles. The highest BCUT2D eigenvalue weighted by atomic mass is 16.2. The number of nitrogens with zero attached hydrogens (tertiary/aromatic N) is 1. The number of fused-ring (bicyclic) bond motifs is 1. The van der Waals surface area contributed by atoms with E-state index in [9.17, 15) is 4.79 Å². The van der Waals surface area contributed by atoms with Crippen molar-refractivity contribution in [3.05, 3.63) is 64.2 Å². The lowest BCUT2D eigenvalue weighted by Crippen LogP contribution is -2.36. The Balaban J connectivity index is 2.06. The van der Waals surface area contributed by atoms with Gasteiger partial charge in [-0.15, -0.1) is 0 Å². The molecule has 1 heterocycles. The molecule has 0 saturated heterocycles. The lowest BCUT2D eigenvalue weighted by Gasteiger charge is -2.23. The van der Waals surface area contributed by atoms with Crippen LogP contribution in [-0.4, -0.2) is 5.91 Å². The van der Waals surface area contributed by atoms with Crippen LogP contribution in [0.3, 0.4) is 0 Å². The number of amides is 1. The number of hydrogen-bond acceptors (Lipinski definition) is 1. The number of aryl methyl sites for hydroxylation is 3. The van der Waals surface area contributed by atoms with Crippen molar-refractivity contribution < 1.29 is 4.79 Å². The fourth-order valence-electron chi connectivity index (χ4n) is 3.57. The topological polar surface area (TPSA) is 20.3 Å². The molecule has 0 atom stereocenters. The van der Waals surface area contributed by atoms with Gasteiger partial charge in [0.15, 0.2) is 0 Å². The van der Waals surface area contributed by atoms with Crippen LogP contribution < -0.4 is 4.90 Å². The van der Waals surface area contributed by atoms with Crippen molar-refractivity contribution in [3.63, 3.8) is 0 Å². The Morgan fingerprint density at radius 2 is 1.59 bits per heavy atom. The lowest BCUT2D eigenvalue weighted by atomic mass is 9.86. The number of para-hydroxylation sites is 1. The van der Waals surface area contributed by atoms with E-state index in [4.69, 9.17) is 0 Å². The van der Waals surface area contributed by atoms with E-state index in [0.717, 1.165) is 11.3 Å². The molecule has 2 aromatic carbocycles. The zero-order valence-electron chi connectivity index (χ0n) is 14.0. The van der Waals surface area contributed by atoms with Gasteiger partial charge in [-0.25, -0.2) is 0 Å². The first kappa shape index (κ1) is 14.8. The Morgan fingerprint density at radius 1 is 1.00 bits per heavy atom. The fraction of sp³-hybridized carbons (Fsp3) is 0.350. The number of rotatable bonds is 2. The molecule has 2 heteroatoms. The fourth-order valence-corrected chi connectivity index (χ4v) is 3.57. The van der Waals surface area contributed by atoms with Gasteiger partial charge in [0.2, 0.25) is 5.91 Å². The highest BCUT2D eigenvalue weighted by molar-refractivity contribution is 6.07. The molecule has 114 valence electrons. The van der Waals surface area contributed by atoms with Crippen LogP contribution in [0.15, 0.2) is 36.4 Å². The van der Waals surface area contributed by atoms with E-state index in [-0.39, 0.29) is 5.91 Å². The van der Waals surface area contributed by atoms with E-state index in [1.54, 1.807) is 0 Å². The van der Waals surface area contributed by atoms with Gasteiger partial charge in [-0.3, -0.25) is 4.79 Å². The summed E-state index contributed by atoms with van der Waals surface area (Å²) in [6, 6.07) is 12.5. The molecule has 0 unspecified atom stereocenters. The highest BCUT2D eigenvalue weighted by Gasteiger charge is 2.43. The Bertz CT molecular complexity index is 735. The molecule has 22 heavy (non-hydrogen) atoms. The summed E-state index contributed by atoms with van der Waals surface area (Å²) in [6.45, 7) is 11.1. The van der Waals surface area contributed by atoms with Gasteiger partial charge in [-0.2, -0.15) is 0 Å². The Hall–Kier alpha value is -2.09. The Kier molecular flexibility index (Phi) is 3.36. The Labute approximate surface area is 132 Å². The zero-order chi connectivity index (χ0) is 16.1. The van der Waals surface area contributed by atoms with Gasteiger partial charge in [0, 0.05) is 5.69 Å². The average molecular weight is 293 g/mol. The first-order valence-corrected chi connectivity index (χ1v) is 7.80. The van der Waals surface area contributed by atoms with Gasteiger partial charge < -0.3 is 4.90 Å². The van der Waals surface area contributed by atoms with E-state index in [2.05, 4.69) is 45.0 Å². The molecule has 0 aliphatic carbocycles. The summed E-state index contributed by atoms with van der Waals surface area (Å²) in [5.41, 5.74) is 6.78. The van der Waals surface area contributed by atoms with Gasteiger partial charge in [-0.1, -0.05) is 35.9 Å². The van der Waals surface area contributed by atoms with E-state index in [1.807, 2.05) is 30.9 Å². The van der Waals surface area contributed by atoms with Crippen LogP contribution >= 0.6 is 0 Å². The summed E-state index contributed by atoms with van der Waals surface area (Å²) in [6.07, 6.45) is 0. The second-order valence-corrected chi connectivity index (χ2v) is 6.91. The second kappa shape index (κ2) is 4.98. The van der Waals surface area contributed by atoms with Crippen LogP contribution in [0.1, 0.15) is 41.7 Å². The molecular formula is C20H23NO. The molecule has 1 aliphatic rings. The molecule has 2 aromatic rings. The first-order valence-electron chi connectivity index (χ1n) is 7.80. The molecular weight excluding hydrogens is 270 g/mol. The van der Waals surface area contributed by atoms with Crippen LogP contribution in [0.25, 0.3) is 0 Å².